The Morgan fingerprint density at radius 3 is 2.80 bits per heavy atom. The normalized spacial score (nSPS) is 20.1. The first kappa shape index (κ1) is 14.0. The number of nitrogens with zero attached hydrogens (tertiary/aromatic N) is 2. The number of hydrogen-bond acceptors (Lipinski definition) is 5. The number of allylic oxidation sites excluding steroid dienone is 1. The molecule has 0 aromatic heterocycles. The summed E-state index contributed by atoms with van der Waals surface area (Å²) in [6.45, 7) is 0.459. The molecule has 20 heavy (non-hydrogen) atoms. The van der Waals surface area contributed by atoms with Crippen molar-refractivity contribution in [1.29, 1.82) is 0 Å². The summed E-state index contributed by atoms with van der Waals surface area (Å²) in [5.74, 6) is -0.354. The van der Waals surface area contributed by atoms with E-state index in [1.165, 1.54) is 7.11 Å². The molecule has 0 spiro atoms. The van der Waals surface area contributed by atoms with Crippen molar-refractivity contribution in [2.45, 2.75) is 25.4 Å². The van der Waals surface area contributed by atoms with E-state index in [-0.39, 0.29) is 5.97 Å². The lowest BCUT2D eigenvalue weighted by Gasteiger charge is -2.25. The fourth-order valence-corrected chi connectivity index (χ4v) is 2.42. The first-order chi connectivity index (χ1) is 9.61. The molecule has 1 aliphatic rings. The second-order valence-corrected chi connectivity index (χ2v) is 4.60. The summed E-state index contributed by atoms with van der Waals surface area (Å²) in [7, 11) is 1.33. The zero-order chi connectivity index (χ0) is 14.5. The van der Waals surface area contributed by atoms with E-state index in [9.17, 15) is 14.9 Å². The molecular formula is C14H16N2O4. The Hall–Kier alpha value is -2.37. The number of benzene rings is 1. The third-order valence-electron chi connectivity index (χ3n) is 3.34. The van der Waals surface area contributed by atoms with Crippen LogP contribution < -0.4 is 0 Å². The van der Waals surface area contributed by atoms with Gasteiger partial charge in [-0.05, 0) is 18.4 Å². The fourth-order valence-electron chi connectivity index (χ4n) is 2.42. The van der Waals surface area contributed by atoms with E-state index in [2.05, 4.69) is 0 Å². The van der Waals surface area contributed by atoms with Gasteiger partial charge in [0.1, 0.15) is 6.04 Å². The van der Waals surface area contributed by atoms with Crippen LogP contribution in [0.3, 0.4) is 0 Å². The largest absolute Gasteiger partial charge is 0.467 e. The first-order valence-electron chi connectivity index (χ1n) is 6.34. The highest BCUT2D eigenvalue weighted by molar-refractivity contribution is 5.76. The second-order valence-electron chi connectivity index (χ2n) is 4.60. The number of methoxy groups -OCH3 is 1. The van der Waals surface area contributed by atoms with Gasteiger partial charge in [-0.3, -0.25) is 10.1 Å². The first-order valence-corrected chi connectivity index (χ1v) is 6.34. The zero-order valence-electron chi connectivity index (χ0n) is 11.2. The van der Waals surface area contributed by atoms with E-state index >= 15 is 0 Å². The van der Waals surface area contributed by atoms with Crippen LogP contribution in [-0.4, -0.2) is 28.9 Å². The third-order valence-corrected chi connectivity index (χ3v) is 3.34. The highest BCUT2D eigenvalue weighted by Crippen LogP contribution is 2.30. The van der Waals surface area contributed by atoms with Gasteiger partial charge in [-0.2, -0.15) is 0 Å². The molecular weight excluding hydrogens is 260 g/mol. The van der Waals surface area contributed by atoms with Gasteiger partial charge in [-0.25, -0.2) is 4.79 Å². The van der Waals surface area contributed by atoms with Crippen LogP contribution in [0, 0.1) is 10.1 Å². The minimum absolute atomic E-state index is 0.354. The van der Waals surface area contributed by atoms with Crippen LogP contribution in [0.15, 0.2) is 42.2 Å². The van der Waals surface area contributed by atoms with Crippen LogP contribution in [0.5, 0.6) is 0 Å². The second kappa shape index (κ2) is 6.18. The summed E-state index contributed by atoms with van der Waals surface area (Å²) in [6, 6.07) is 9.10. The van der Waals surface area contributed by atoms with Gasteiger partial charge in [-0.15, -0.1) is 0 Å². The van der Waals surface area contributed by atoms with Gasteiger partial charge in [0.25, 0.3) is 6.20 Å². The van der Waals surface area contributed by atoms with Gasteiger partial charge in [0, 0.05) is 6.54 Å². The Morgan fingerprint density at radius 1 is 1.50 bits per heavy atom. The number of carbonyl (C=O) groups excluding carboxylic acids is 1. The van der Waals surface area contributed by atoms with Gasteiger partial charge in [-0.1, -0.05) is 30.3 Å². The topological polar surface area (TPSA) is 72.7 Å². The van der Waals surface area contributed by atoms with Gasteiger partial charge < -0.3 is 9.64 Å². The molecule has 0 saturated carbocycles. The van der Waals surface area contributed by atoms with Crippen LogP contribution in [0.4, 0.5) is 0 Å². The van der Waals surface area contributed by atoms with Crippen LogP contribution in [0.25, 0.3) is 0 Å². The molecule has 1 aromatic rings. The molecule has 1 saturated heterocycles. The van der Waals surface area contributed by atoms with Crippen LogP contribution in [0.1, 0.15) is 18.4 Å². The van der Waals surface area contributed by atoms with Crippen LogP contribution in [0.2, 0.25) is 0 Å². The average Bonchev–Trinajstić information content (AvgIpc) is 2.81. The van der Waals surface area contributed by atoms with Crippen molar-refractivity contribution in [3.8, 4) is 0 Å². The van der Waals surface area contributed by atoms with E-state index < -0.39 is 11.0 Å². The zero-order valence-corrected chi connectivity index (χ0v) is 11.2. The van der Waals surface area contributed by atoms with E-state index in [0.29, 0.717) is 25.1 Å². The summed E-state index contributed by atoms with van der Waals surface area (Å²) in [6.07, 6.45) is 2.03. The van der Waals surface area contributed by atoms with E-state index in [1.54, 1.807) is 4.90 Å². The van der Waals surface area contributed by atoms with Crippen molar-refractivity contribution in [1.82, 2.24) is 4.90 Å². The van der Waals surface area contributed by atoms with Crippen molar-refractivity contribution in [2.24, 2.45) is 0 Å². The number of ether oxygens (including phenoxy) is 1. The van der Waals surface area contributed by atoms with E-state index in [1.807, 2.05) is 30.3 Å². The number of hydrogen-bond donors (Lipinski definition) is 0. The molecule has 106 valence electrons. The molecule has 1 atom stereocenters. The minimum atomic E-state index is -0.479. The quantitative estimate of drug-likeness (QED) is 0.477. The lowest BCUT2D eigenvalue weighted by Crippen LogP contribution is -2.35. The lowest BCUT2D eigenvalue weighted by molar-refractivity contribution is -0.404. The summed E-state index contributed by atoms with van der Waals surface area (Å²) in [5.41, 5.74) is 1.56. The average molecular weight is 276 g/mol. The monoisotopic (exact) mass is 276 g/mol. The highest BCUT2D eigenvalue weighted by atomic mass is 16.6. The third kappa shape index (κ3) is 3.14. The molecule has 0 radical (unpaired) electrons. The summed E-state index contributed by atoms with van der Waals surface area (Å²) in [4.78, 5) is 23.7. The highest BCUT2D eigenvalue weighted by Gasteiger charge is 2.35. The lowest BCUT2D eigenvalue weighted by atomic mass is 10.2. The number of rotatable bonds is 4. The van der Waals surface area contributed by atoms with Crippen molar-refractivity contribution < 1.29 is 14.5 Å². The van der Waals surface area contributed by atoms with Crippen LogP contribution in [-0.2, 0) is 16.1 Å². The Morgan fingerprint density at radius 2 is 2.20 bits per heavy atom. The maximum absolute atomic E-state index is 11.8. The Labute approximate surface area is 116 Å². The Bertz CT molecular complexity index is 527. The number of esters is 1. The molecule has 0 amide bonds. The maximum Gasteiger partial charge on any atom is 0.328 e. The number of carbonyl (C=O) groups is 1. The summed E-state index contributed by atoms with van der Waals surface area (Å²) in [5, 5.41) is 10.7. The van der Waals surface area contributed by atoms with Gasteiger partial charge >= 0.3 is 5.97 Å². The molecule has 1 aromatic carbocycles. The molecule has 6 heteroatoms. The SMILES string of the molecule is COC(=O)C1CC/C(=C/[N+](=O)[O-])N1Cc1ccccc1. The predicted octanol–water partition coefficient (Wildman–Crippen LogP) is 1.94. The molecule has 1 aliphatic heterocycles. The predicted molar refractivity (Wildman–Crippen MR) is 72.1 cm³/mol. The standard InChI is InChI=1S/C14H16N2O4/c1-20-14(17)13-8-7-12(10-16(18)19)15(13)9-11-5-3-2-4-6-11/h2-6,10,13H,7-9H2,1H3/b12-10-. The molecule has 0 N–H and O–H groups in total. The molecule has 1 heterocycles. The van der Waals surface area contributed by atoms with Crippen molar-refractivity contribution in [2.75, 3.05) is 7.11 Å². The summed E-state index contributed by atoms with van der Waals surface area (Å²) < 4.78 is 4.78. The number of nitro groups is 1. The molecule has 1 unspecified atom stereocenters. The molecule has 0 aliphatic carbocycles. The number of likely N-dealkylation sites (tertiary alicyclic amines) is 1. The molecule has 6 nitrogen and oxygen atoms in total. The van der Waals surface area contributed by atoms with Crippen molar-refractivity contribution in [3.63, 3.8) is 0 Å². The summed E-state index contributed by atoms with van der Waals surface area (Å²) >= 11 is 0. The van der Waals surface area contributed by atoms with Crippen molar-refractivity contribution >= 4 is 5.97 Å². The Balaban J connectivity index is 2.24. The van der Waals surface area contributed by atoms with Crippen molar-refractivity contribution in [3.05, 3.63) is 57.9 Å². The smallest absolute Gasteiger partial charge is 0.328 e. The fraction of sp³-hybridized carbons (Fsp3) is 0.357. The van der Waals surface area contributed by atoms with E-state index in [4.69, 9.17) is 4.74 Å². The van der Waals surface area contributed by atoms with E-state index in [0.717, 1.165) is 11.8 Å². The maximum atomic E-state index is 11.8. The van der Waals surface area contributed by atoms with Gasteiger partial charge in [0.15, 0.2) is 0 Å². The minimum Gasteiger partial charge on any atom is -0.467 e. The van der Waals surface area contributed by atoms with Gasteiger partial charge in [0.05, 0.1) is 17.7 Å². The Kier molecular flexibility index (Phi) is 4.34. The molecule has 2 rings (SSSR count). The van der Waals surface area contributed by atoms with Crippen LogP contribution >= 0.6 is 0 Å². The van der Waals surface area contributed by atoms with Gasteiger partial charge in [0.2, 0.25) is 0 Å². The molecule has 0 bridgehead atoms. The molecule has 1 fully saturated rings.